The lowest BCUT2D eigenvalue weighted by Crippen LogP contribution is -2.31. The van der Waals surface area contributed by atoms with Gasteiger partial charge in [0.15, 0.2) is 11.5 Å². The van der Waals surface area contributed by atoms with E-state index in [1.807, 2.05) is 4.90 Å². The lowest BCUT2D eigenvalue weighted by molar-refractivity contribution is -0.130. The van der Waals surface area contributed by atoms with Crippen molar-refractivity contribution < 1.29 is 22.7 Å². The molecule has 1 aromatic rings. The molecule has 0 unspecified atom stereocenters. The minimum atomic E-state index is -3.59. The Morgan fingerprint density at radius 2 is 1.93 bits per heavy atom. The number of fused-ring (bicyclic) bond motifs is 1. The van der Waals surface area contributed by atoms with E-state index >= 15 is 0 Å². The number of nitrogens with two attached hydrogens (primary N) is 1. The van der Waals surface area contributed by atoms with Gasteiger partial charge in [-0.3, -0.25) is 4.79 Å². The van der Waals surface area contributed by atoms with E-state index in [1.54, 1.807) is 6.07 Å². The van der Waals surface area contributed by atoms with E-state index in [0.717, 1.165) is 25.8 Å². The van der Waals surface area contributed by atoms with Crippen LogP contribution in [0.1, 0.15) is 32.1 Å². The fraction of sp³-hybridized carbons (Fsp3) is 0.611. The molecule has 1 atom stereocenters. The van der Waals surface area contributed by atoms with Gasteiger partial charge in [0.1, 0.15) is 13.2 Å². The molecule has 2 aliphatic heterocycles. The van der Waals surface area contributed by atoms with E-state index in [-0.39, 0.29) is 29.3 Å². The SMILES string of the molecule is Cl.N[C@@H]1CCN(C(=O)CCCCCNS(=O)(=O)c2ccc3c(c2)OCCO3)C1. The Bertz CT molecular complexity index is 774. The zero-order chi connectivity index (χ0) is 19.3. The van der Waals surface area contributed by atoms with Gasteiger partial charge in [0.05, 0.1) is 4.90 Å². The van der Waals surface area contributed by atoms with Gasteiger partial charge in [-0.25, -0.2) is 13.1 Å². The topological polar surface area (TPSA) is 111 Å². The van der Waals surface area contributed by atoms with Crippen LogP contribution in [0.2, 0.25) is 0 Å². The first-order valence-corrected chi connectivity index (χ1v) is 10.9. The zero-order valence-electron chi connectivity index (χ0n) is 15.8. The van der Waals surface area contributed by atoms with Crippen molar-refractivity contribution in [2.24, 2.45) is 5.73 Å². The largest absolute Gasteiger partial charge is 0.486 e. The number of carbonyl (C=O) groups is 1. The van der Waals surface area contributed by atoms with Gasteiger partial charge in [0.25, 0.3) is 0 Å². The van der Waals surface area contributed by atoms with Crippen LogP contribution in [0, 0.1) is 0 Å². The van der Waals surface area contributed by atoms with Gasteiger partial charge in [-0.2, -0.15) is 0 Å². The quantitative estimate of drug-likeness (QED) is 0.597. The van der Waals surface area contributed by atoms with Crippen molar-refractivity contribution in [1.82, 2.24) is 9.62 Å². The average molecular weight is 434 g/mol. The normalized spacial score (nSPS) is 18.6. The summed E-state index contributed by atoms with van der Waals surface area (Å²) in [6.45, 7) is 2.60. The summed E-state index contributed by atoms with van der Waals surface area (Å²) < 4.78 is 38.2. The summed E-state index contributed by atoms with van der Waals surface area (Å²) in [5.74, 6) is 1.15. The Hall–Kier alpha value is -1.55. The second-order valence-corrected chi connectivity index (χ2v) is 8.67. The Morgan fingerprint density at radius 1 is 1.18 bits per heavy atom. The standard InChI is InChI=1S/C18H27N3O5S.ClH/c19-14-7-9-21(13-14)18(22)4-2-1-3-8-20-27(23,24)15-5-6-16-17(12-15)26-11-10-25-16;/h5-6,12,14,20H,1-4,7-11,13,19H2;1H/t14-;/m1./s1. The fourth-order valence-electron chi connectivity index (χ4n) is 3.23. The highest BCUT2D eigenvalue weighted by Gasteiger charge is 2.23. The van der Waals surface area contributed by atoms with E-state index in [1.165, 1.54) is 12.1 Å². The van der Waals surface area contributed by atoms with Gasteiger partial charge in [-0.15, -0.1) is 12.4 Å². The van der Waals surface area contributed by atoms with Crippen molar-refractivity contribution in [2.75, 3.05) is 32.8 Å². The Labute approximate surface area is 172 Å². The predicted molar refractivity (Wildman–Crippen MR) is 108 cm³/mol. The third kappa shape index (κ3) is 5.97. The molecule has 8 nitrogen and oxygen atoms in total. The Kier molecular flexibility index (Phi) is 8.36. The van der Waals surface area contributed by atoms with Crippen LogP contribution in [0.3, 0.4) is 0 Å². The molecule has 1 fully saturated rings. The highest BCUT2D eigenvalue weighted by atomic mass is 35.5. The maximum atomic E-state index is 12.4. The van der Waals surface area contributed by atoms with Crippen LogP contribution >= 0.6 is 12.4 Å². The molecule has 2 aliphatic rings. The second-order valence-electron chi connectivity index (χ2n) is 6.90. The number of hydrogen-bond donors (Lipinski definition) is 2. The number of hydrogen-bond acceptors (Lipinski definition) is 6. The number of carbonyl (C=O) groups excluding carboxylic acids is 1. The Morgan fingerprint density at radius 3 is 2.64 bits per heavy atom. The molecule has 158 valence electrons. The maximum Gasteiger partial charge on any atom is 0.240 e. The molecule has 0 saturated carbocycles. The van der Waals surface area contributed by atoms with Gasteiger partial charge >= 0.3 is 0 Å². The lowest BCUT2D eigenvalue weighted by Gasteiger charge is -2.19. The van der Waals surface area contributed by atoms with Crippen LogP contribution in [-0.2, 0) is 14.8 Å². The summed E-state index contributed by atoms with van der Waals surface area (Å²) >= 11 is 0. The number of nitrogens with one attached hydrogen (secondary N) is 1. The highest BCUT2D eigenvalue weighted by molar-refractivity contribution is 7.89. The molecule has 28 heavy (non-hydrogen) atoms. The molecular weight excluding hydrogens is 406 g/mol. The van der Waals surface area contributed by atoms with Crippen molar-refractivity contribution in [2.45, 2.75) is 43.0 Å². The van der Waals surface area contributed by atoms with Crippen LogP contribution in [0.15, 0.2) is 23.1 Å². The number of nitrogens with zero attached hydrogens (tertiary/aromatic N) is 1. The van der Waals surface area contributed by atoms with Crippen molar-refractivity contribution in [3.8, 4) is 11.5 Å². The number of ether oxygens (including phenoxy) is 2. The molecule has 3 N–H and O–H groups in total. The third-order valence-corrected chi connectivity index (χ3v) is 6.22. The summed E-state index contributed by atoms with van der Waals surface area (Å²) in [6.07, 6.45) is 3.57. The lowest BCUT2D eigenvalue weighted by atomic mass is 10.2. The zero-order valence-corrected chi connectivity index (χ0v) is 17.4. The average Bonchev–Trinajstić information content (AvgIpc) is 3.10. The molecule has 1 amide bonds. The molecule has 0 aromatic heterocycles. The maximum absolute atomic E-state index is 12.4. The molecule has 10 heteroatoms. The first-order valence-electron chi connectivity index (χ1n) is 9.38. The number of halogens is 1. The molecule has 0 aliphatic carbocycles. The highest BCUT2D eigenvalue weighted by Crippen LogP contribution is 2.32. The molecule has 0 spiro atoms. The van der Waals surface area contributed by atoms with E-state index in [2.05, 4.69) is 4.72 Å². The second kappa shape index (κ2) is 10.3. The summed E-state index contributed by atoms with van der Waals surface area (Å²) in [7, 11) is -3.59. The van der Waals surface area contributed by atoms with Crippen LogP contribution in [0.4, 0.5) is 0 Å². The fourth-order valence-corrected chi connectivity index (χ4v) is 4.32. The van der Waals surface area contributed by atoms with Crippen LogP contribution < -0.4 is 19.9 Å². The van der Waals surface area contributed by atoms with Gasteiger partial charge < -0.3 is 20.1 Å². The predicted octanol–water partition coefficient (Wildman–Crippen LogP) is 1.28. The number of rotatable bonds is 8. The van der Waals surface area contributed by atoms with Crippen LogP contribution in [0.5, 0.6) is 11.5 Å². The monoisotopic (exact) mass is 433 g/mol. The van der Waals surface area contributed by atoms with E-state index in [4.69, 9.17) is 15.2 Å². The molecule has 0 bridgehead atoms. The van der Waals surface area contributed by atoms with E-state index in [9.17, 15) is 13.2 Å². The Balaban J connectivity index is 0.00000280. The number of likely N-dealkylation sites (tertiary alicyclic amines) is 1. The smallest absolute Gasteiger partial charge is 0.240 e. The van der Waals surface area contributed by atoms with Gasteiger partial charge in [0.2, 0.25) is 15.9 Å². The third-order valence-electron chi connectivity index (χ3n) is 4.76. The molecular formula is C18H28ClN3O5S. The van der Waals surface area contributed by atoms with Gasteiger partial charge in [-0.05, 0) is 31.4 Å². The number of benzene rings is 1. The number of unbranched alkanes of at least 4 members (excludes halogenated alkanes) is 2. The van der Waals surface area contributed by atoms with Crippen molar-refractivity contribution >= 4 is 28.3 Å². The first kappa shape index (κ1) is 22.7. The van der Waals surface area contributed by atoms with Crippen molar-refractivity contribution in [1.29, 1.82) is 0 Å². The van der Waals surface area contributed by atoms with Gasteiger partial charge in [-0.1, -0.05) is 6.42 Å². The number of amides is 1. The molecule has 0 radical (unpaired) electrons. The van der Waals surface area contributed by atoms with E-state index in [0.29, 0.717) is 50.6 Å². The molecule has 3 rings (SSSR count). The van der Waals surface area contributed by atoms with Crippen LogP contribution in [-0.4, -0.2) is 58.1 Å². The van der Waals surface area contributed by atoms with Crippen LogP contribution in [0.25, 0.3) is 0 Å². The minimum Gasteiger partial charge on any atom is -0.486 e. The molecule has 2 heterocycles. The van der Waals surface area contributed by atoms with Crippen molar-refractivity contribution in [3.05, 3.63) is 18.2 Å². The first-order chi connectivity index (χ1) is 13.0. The summed E-state index contributed by atoms with van der Waals surface area (Å²) in [4.78, 5) is 14.0. The minimum absolute atomic E-state index is 0. The molecule has 1 aromatic carbocycles. The van der Waals surface area contributed by atoms with E-state index < -0.39 is 10.0 Å². The van der Waals surface area contributed by atoms with Crippen molar-refractivity contribution in [3.63, 3.8) is 0 Å². The summed E-state index contributed by atoms with van der Waals surface area (Å²) in [5.41, 5.74) is 5.81. The number of sulfonamides is 1. The summed E-state index contributed by atoms with van der Waals surface area (Å²) in [5, 5.41) is 0. The summed E-state index contributed by atoms with van der Waals surface area (Å²) in [6, 6.07) is 4.70. The molecule has 1 saturated heterocycles. The van der Waals surface area contributed by atoms with Gasteiger partial charge in [0, 0.05) is 38.2 Å².